The SMILES string of the molecule is Oc1ccc(C2(c3ccc(O)cc3)C=CSC=C2)cc1. The summed E-state index contributed by atoms with van der Waals surface area (Å²) in [6, 6.07) is 14.5. The first-order valence-electron chi connectivity index (χ1n) is 6.31. The molecule has 1 aliphatic rings. The lowest BCUT2D eigenvalue weighted by Crippen LogP contribution is -2.23. The maximum absolute atomic E-state index is 9.47. The van der Waals surface area contributed by atoms with E-state index in [4.69, 9.17) is 0 Å². The van der Waals surface area contributed by atoms with E-state index in [2.05, 4.69) is 23.0 Å². The van der Waals surface area contributed by atoms with Crippen LogP contribution in [-0.2, 0) is 5.41 Å². The van der Waals surface area contributed by atoms with Gasteiger partial charge in [-0.3, -0.25) is 0 Å². The Labute approximate surface area is 122 Å². The maximum atomic E-state index is 9.47. The molecule has 0 unspecified atom stereocenters. The molecule has 0 aromatic heterocycles. The van der Waals surface area contributed by atoms with E-state index in [1.807, 2.05) is 24.3 Å². The van der Waals surface area contributed by atoms with Crippen molar-refractivity contribution in [1.82, 2.24) is 0 Å². The van der Waals surface area contributed by atoms with Gasteiger partial charge in [0.25, 0.3) is 0 Å². The van der Waals surface area contributed by atoms with Crippen LogP contribution in [0, 0.1) is 0 Å². The zero-order valence-corrected chi connectivity index (χ0v) is 11.5. The van der Waals surface area contributed by atoms with E-state index in [0.717, 1.165) is 11.1 Å². The number of allylic oxidation sites excluding steroid dienone is 2. The van der Waals surface area contributed by atoms with Crippen molar-refractivity contribution in [2.75, 3.05) is 0 Å². The van der Waals surface area contributed by atoms with Gasteiger partial charge in [0.2, 0.25) is 0 Å². The number of phenolic OH excluding ortho intramolecular Hbond substituents is 2. The summed E-state index contributed by atoms with van der Waals surface area (Å²) < 4.78 is 0. The number of hydrogen-bond acceptors (Lipinski definition) is 3. The Morgan fingerprint density at radius 3 is 1.45 bits per heavy atom. The molecule has 2 nitrogen and oxygen atoms in total. The highest BCUT2D eigenvalue weighted by atomic mass is 32.2. The fourth-order valence-electron chi connectivity index (χ4n) is 2.42. The lowest BCUT2D eigenvalue weighted by molar-refractivity contribution is 0.475. The zero-order chi connectivity index (χ0) is 14.0. The fraction of sp³-hybridized carbons (Fsp3) is 0.0588. The first-order chi connectivity index (χ1) is 9.71. The summed E-state index contributed by atoms with van der Waals surface area (Å²) in [5.74, 6) is 0.514. The maximum Gasteiger partial charge on any atom is 0.115 e. The highest BCUT2D eigenvalue weighted by molar-refractivity contribution is 8.04. The second kappa shape index (κ2) is 5.10. The third kappa shape index (κ3) is 2.21. The minimum atomic E-state index is -0.355. The number of phenols is 2. The molecule has 0 saturated heterocycles. The quantitative estimate of drug-likeness (QED) is 0.869. The number of benzene rings is 2. The first kappa shape index (κ1) is 12.9. The van der Waals surface area contributed by atoms with Crippen LogP contribution in [-0.4, -0.2) is 10.2 Å². The largest absolute Gasteiger partial charge is 0.508 e. The molecule has 2 aromatic carbocycles. The Bertz CT molecular complexity index is 595. The van der Waals surface area contributed by atoms with Gasteiger partial charge >= 0.3 is 0 Å². The van der Waals surface area contributed by atoms with Crippen LogP contribution in [0.2, 0.25) is 0 Å². The summed E-state index contributed by atoms with van der Waals surface area (Å²) >= 11 is 1.63. The standard InChI is InChI=1S/C17H14O2S/c18-15-5-1-13(2-6-15)17(9-11-20-12-10-17)14-3-7-16(19)8-4-14/h1-12,18-19H. The van der Waals surface area contributed by atoms with E-state index in [1.54, 1.807) is 36.0 Å². The van der Waals surface area contributed by atoms with E-state index < -0.39 is 0 Å². The lowest BCUT2D eigenvalue weighted by atomic mass is 9.74. The minimum absolute atomic E-state index is 0.257. The molecule has 2 aromatic rings. The highest BCUT2D eigenvalue weighted by Gasteiger charge is 2.30. The first-order valence-corrected chi connectivity index (χ1v) is 7.25. The summed E-state index contributed by atoms with van der Waals surface area (Å²) in [7, 11) is 0. The molecule has 0 saturated carbocycles. The Balaban J connectivity index is 2.16. The molecule has 1 aliphatic heterocycles. The van der Waals surface area contributed by atoms with Crippen molar-refractivity contribution < 1.29 is 10.2 Å². The minimum Gasteiger partial charge on any atom is -0.508 e. The molecule has 100 valence electrons. The fourth-order valence-corrected chi connectivity index (χ4v) is 3.10. The number of thioether (sulfide) groups is 1. The molecular weight excluding hydrogens is 268 g/mol. The van der Waals surface area contributed by atoms with E-state index in [9.17, 15) is 10.2 Å². The number of hydrogen-bond donors (Lipinski definition) is 2. The van der Waals surface area contributed by atoms with E-state index in [0.29, 0.717) is 0 Å². The third-order valence-electron chi connectivity index (χ3n) is 3.51. The van der Waals surface area contributed by atoms with Gasteiger partial charge in [-0.05, 0) is 46.2 Å². The van der Waals surface area contributed by atoms with Crippen LogP contribution >= 0.6 is 11.8 Å². The summed E-state index contributed by atoms with van der Waals surface area (Å²) in [4.78, 5) is 0. The van der Waals surface area contributed by atoms with Crippen LogP contribution in [0.25, 0.3) is 0 Å². The van der Waals surface area contributed by atoms with Gasteiger partial charge in [0, 0.05) is 0 Å². The van der Waals surface area contributed by atoms with Gasteiger partial charge in [-0.15, -0.1) is 11.8 Å². The molecule has 20 heavy (non-hydrogen) atoms. The summed E-state index contributed by atoms with van der Waals surface area (Å²) in [6.07, 6.45) is 4.27. The van der Waals surface area contributed by atoms with Gasteiger partial charge in [-0.1, -0.05) is 36.4 Å². The Kier molecular flexibility index (Phi) is 3.28. The van der Waals surface area contributed by atoms with E-state index in [-0.39, 0.29) is 16.9 Å². The average Bonchev–Trinajstić information content (AvgIpc) is 2.49. The lowest BCUT2D eigenvalue weighted by Gasteiger charge is -2.30. The topological polar surface area (TPSA) is 40.5 Å². The van der Waals surface area contributed by atoms with Crippen molar-refractivity contribution in [2.45, 2.75) is 5.41 Å². The van der Waals surface area contributed by atoms with Gasteiger partial charge < -0.3 is 10.2 Å². The molecule has 0 aliphatic carbocycles. The van der Waals surface area contributed by atoms with Crippen LogP contribution in [0.3, 0.4) is 0 Å². The molecule has 0 atom stereocenters. The molecule has 0 fully saturated rings. The van der Waals surface area contributed by atoms with Crippen molar-refractivity contribution in [3.63, 3.8) is 0 Å². The highest BCUT2D eigenvalue weighted by Crippen LogP contribution is 2.40. The van der Waals surface area contributed by atoms with Crippen molar-refractivity contribution in [1.29, 1.82) is 0 Å². The predicted octanol–water partition coefficient (Wildman–Crippen LogP) is 4.16. The van der Waals surface area contributed by atoms with Gasteiger partial charge in [0.05, 0.1) is 5.41 Å². The normalized spacial score (nSPS) is 16.2. The van der Waals surface area contributed by atoms with E-state index >= 15 is 0 Å². The van der Waals surface area contributed by atoms with Gasteiger partial charge in [0.1, 0.15) is 11.5 Å². The summed E-state index contributed by atoms with van der Waals surface area (Å²) in [6.45, 7) is 0. The van der Waals surface area contributed by atoms with Crippen molar-refractivity contribution >= 4 is 11.8 Å². The average molecular weight is 282 g/mol. The molecule has 0 bridgehead atoms. The second-order valence-electron chi connectivity index (χ2n) is 4.70. The third-order valence-corrected chi connectivity index (χ3v) is 4.10. The van der Waals surface area contributed by atoms with Crippen molar-refractivity contribution in [3.8, 4) is 11.5 Å². The Morgan fingerprint density at radius 2 is 1.05 bits per heavy atom. The van der Waals surface area contributed by atoms with Crippen LogP contribution in [0.5, 0.6) is 11.5 Å². The predicted molar refractivity (Wildman–Crippen MR) is 82.9 cm³/mol. The molecule has 1 heterocycles. The monoisotopic (exact) mass is 282 g/mol. The Hall–Kier alpha value is -2.13. The summed E-state index contributed by atoms with van der Waals surface area (Å²) in [5, 5.41) is 23.1. The van der Waals surface area contributed by atoms with Crippen LogP contribution < -0.4 is 0 Å². The summed E-state index contributed by atoms with van der Waals surface area (Å²) in [5.41, 5.74) is 1.80. The van der Waals surface area contributed by atoms with Gasteiger partial charge in [0.15, 0.2) is 0 Å². The molecule has 0 radical (unpaired) electrons. The molecule has 2 N–H and O–H groups in total. The van der Waals surface area contributed by atoms with Crippen molar-refractivity contribution in [3.05, 3.63) is 82.6 Å². The smallest absolute Gasteiger partial charge is 0.115 e. The molecule has 0 amide bonds. The molecular formula is C17H14O2S. The van der Waals surface area contributed by atoms with Gasteiger partial charge in [-0.2, -0.15) is 0 Å². The molecule has 0 spiro atoms. The van der Waals surface area contributed by atoms with Crippen LogP contribution in [0.15, 0.2) is 71.5 Å². The van der Waals surface area contributed by atoms with E-state index in [1.165, 1.54) is 0 Å². The second-order valence-corrected chi connectivity index (χ2v) is 5.52. The Morgan fingerprint density at radius 1 is 0.650 bits per heavy atom. The van der Waals surface area contributed by atoms with Crippen LogP contribution in [0.1, 0.15) is 11.1 Å². The zero-order valence-electron chi connectivity index (χ0n) is 10.7. The molecule has 3 heteroatoms. The molecule has 3 rings (SSSR count). The van der Waals surface area contributed by atoms with Crippen LogP contribution in [0.4, 0.5) is 0 Å². The van der Waals surface area contributed by atoms with Gasteiger partial charge in [-0.25, -0.2) is 0 Å². The number of aromatic hydroxyl groups is 2. The van der Waals surface area contributed by atoms with Crippen molar-refractivity contribution in [2.24, 2.45) is 0 Å². The number of rotatable bonds is 2.